The Morgan fingerprint density at radius 2 is 2.10 bits per heavy atom. The van der Waals surface area contributed by atoms with Crippen molar-refractivity contribution >= 4 is 0 Å². The van der Waals surface area contributed by atoms with Gasteiger partial charge < -0.3 is 5.32 Å². The molecule has 1 fully saturated rings. The summed E-state index contributed by atoms with van der Waals surface area (Å²) in [5, 5.41) is 15.6. The van der Waals surface area contributed by atoms with E-state index < -0.39 is 0 Å². The number of hydrogen-bond donors (Lipinski definition) is 2. The molecule has 0 unspecified atom stereocenters. The van der Waals surface area contributed by atoms with Crippen LogP contribution < -0.4 is 10.5 Å². The van der Waals surface area contributed by atoms with Crippen molar-refractivity contribution in [2.45, 2.75) is 6.92 Å². The van der Waals surface area contributed by atoms with Crippen LogP contribution in [0.2, 0.25) is 0 Å². The average Bonchev–Trinajstić information content (AvgIpc) is 2.05. The van der Waals surface area contributed by atoms with Crippen LogP contribution in [0.25, 0.3) is 0 Å². The van der Waals surface area contributed by atoms with Crippen molar-refractivity contribution in [2.75, 3.05) is 32.7 Å². The molecule has 1 heterocycles. The third kappa shape index (κ3) is 1.91. The minimum Gasteiger partial charge on any atom is -0.314 e. The molecule has 4 nitrogen and oxygen atoms in total. The quantitative estimate of drug-likeness (QED) is 0.401. The van der Waals surface area contributed by atoms with Crippen LogP contribution >= 0.6 is 0 Å². The van der Waals surface area contributed by atoms with E-state index in [1.165, 1.54) is 5.17 Å². The molecule has 1 aliphatic rings. The third-order valence-electron chi connectivity index (χ3n) is 1.70. The molecule has 0 aliphatic carbocycles. The van der Waals surface area contributed by atoms with Gasteiger partial charge in [0.05, 0.1) is 18.3 Å². The van der Waals surface area contributed by atoms with Crippen LogP contribution in [0.3, 0.4) is 0 Å². The second kappa shape index (κ2) is 3.88. The molecule has 1 rings (SSSR count). The first-order valence-corrected chi connectivity index (χ1v) is 3.76. The van der Waals surface area contributed by atoms with Crippen LogP contribution in [-0.2, 0) is 0 Å². The Morgan fingerprint density at radius 3 is 2.60 bits per heavy atom. The Bertz CT molecular complexity index is 93.0. The molecule has 59 valence electrons. The summed E-state index contributed by atoms with van der Waals surface area (Å²) in [5.74, 6) is 0. The zero-order valence-electron chi connectivity index (χ0n) is 6.38. The summed E-state index contributed by atoms with van der Waals surface area (Å²) in [5.41, 5.74) is 0. The fourth-order valence-electron chi connectivity index (χ4n) is 1.08. The van der Waals surface area contributed by atoms with Gasteiger partial charge in [0.1, 0.15) is 0 Å². The van der Waals surface area contributed by atoms with Crippen LogP contribution in [0.1, 0.15) is 6.92 Å². The van der Waals surface area contributed by atoms with Gasteiger partial charge in [-0.15, -0.1) is 5.21 Å². The summed E-state index contributed by atoms with van der Waals surface area (Å²) in [4.78, 5) is 0. The number of hydroxylamine groups is 1. The highest BCUT2D eigenvalue weighted by molar-refractivity contribution is 4.64. The van der Waals surface area contributed by atoms with Crippen LogP contribution in [0.15, 0.2) is 0 Å². The van der Waals surface area contributed by atoms with E-state index in [0.29, 0.717) is 6.54 Å². The molecule has 0 aromatic heterocycles. The summed E-state index contributed by atoms with van der Waals surface area (Å²) >= 11 is 0. The smallest absolute Gasteiger partial charge is 0.182 e. The Labute approximate surface area is 61.3 Å². The second-order valence-corrected chi connectivity index (χ2v) is 2.39. The lowest BCUT2D eigenvalue weighted by Gasteiger charge is -2.22. The highest BCUT2D eigenvalue weighted by Gasteiger charge is 2.23. The van der Waals surface area contributed by atoms with Crippen LogP contribution in [0, 0.1) is 0 Å². The molecule has 4 heteroatoms. The maximum atomic E-state index is 9.21. The van der Waals surface area contributed by atoms with Crippen molar-refractivity contribution in [3.05, 3.63) is 0 Å². The molecule has 2 N–H and O–H groups in total. The molecule has 0 aromatic rings. The maximum Gasteiger partial charge on any atom is 0.182 e. The summed E-state index contributed by atoms with van der Waals surface area (Å²) in [6.07, 6.45) is 0. The molecule has 1 aliphatic heterocycles. The average molecular weight is 145 g/mol. The minimum absolute atomic E-state index is 0.667. The number of nitrogens with one attached hydrogen (secondary N) is 1. The predicted molar refractivity (Wildman–Crippen MR) is 38.9 cm³/mol. The number of nitrogens with zero attached hydrogens (tertiary/aromatic N) is 2. The zero-order chi connectivity index (χ0) is 7.40. The molecular weight excluding hydrogens is 130 g/mol. The molecular formula is C6H15N3O+. The van der Waals surface area contributed by atoms with Gasteiger partial charge in [0.15, 0.2) is 6.54 Å². The topological polar surface area (TPSA) is 41.4 Å². The first kappa shape index (κ1) is 7.94. The van der Waals surface area contributed by atoms with Crippen molar-refractivity contribution in [3.8, 4) is 0 Å². The summed E-state index contributed by atoms with van der Waals surface area (Å²) < 4.78 is 0. The van der Waals surface area contributed by atoms with E-state index in [1.807, 2.05) is 11.9 Å². The summed E-state index contributed by atoms with van der Waals surface area (Å²) in [7, 11) is 0. The first-order valence-electron chi connectivity index (χ1n) is 3.76. The number of piperazine rings is 1. The highest BCUT2D eigenvalue weighted by Crippen LogP contribution is 1.92. The van der Waals surface area contributed by atoms with E-state index in [1.54, 1.807) is 0 Å². The molecule has 0 saturated carbocycles. The van der Waals surface area contributed by atoms with Gasteiger partial charge in [-0.1, -0.05) is 5.01 Å². The lowest BCUT2D eigenvalue weighted by molar-refractivity contribution is -0.149. The van der Waals surface area contributed by atoms with Gasteiger partial charge in [-0.05, 0) is 6.92 Å². The number of rotatable bonds is 2. The van der Waals surface area contributed by atoms with Crippen molar-refractivity contribution in [1.29, 1.82) is 0 Å². The van der Waals surface area contributed by atoms with E-state index in [2.05, 4.69) is 5.32 Å². The molecule has 0 spiro atoms. The summed E-state index contributed by atoms with van der Waals surface area (Å²) in [6.45, 7) is 6.35. The molecule has 1 saturated heterocycles. The standard InChI is InChI=1S/C6H15N3O/c1-2-9(10)8-5-3-7-4-6-8/h7,10H,2-6H2,1H3/q+1. The highest BCUT2D eigenvalue weighted by atomic mass is 16.5. The maximum absolute atomic E-state index is 9.21. The van der Waals surface area contributed by atoms with Gasteiger partial charge >= 0.3 is 0 Å². The molecule has 0 amide bonds. The predicted octanol–water partition coefficient (Wildman–Crippen LogP) is -0.644. The van der Waals surface area contributed by atoms with E-state index in [4.69, 9.17) is 0 Å². The fourth-order valence-corrected chi connectivity index (χ4v) is 1.08. The van der Waals surface area contributed by atoms with Crippen molar-refractivity contribution in [3.63, 3.8) is 0 Å². The van der Waals surface area contributed by atoms with Gasteiger partial charge in [0.25, 0.3) is 0 Å². The number of hydrazine groups is 1. The fraction of sp³-hybridized carbons (Fsp3) is 1.00. The Balaban J connectivity index is 2.24. The first-order chi connectivity index (χ1) is 4.84. The van der Waals surface area contributed by atoms with Crippen LogP contribution in [0.5, 0.6) is 0 Å². The monoisotopic (exact) mass is 145 g/mol. The lowest BCUT2D eigenvalue weighted by atomic mass is 10.4. The van der Waals surface area contributed by atoms with E-state index in [-0.39, 0.29) is 0 Å². The van der Waals surface area contributed by atoms with Crippen molar-refractivity contribution < 1.29 is 5.21 Å². The van der Waals surface area contributed by atoms with E-state index in [0.717, 1.165) is 26.2 Å². The van der Waals surface area contributed by atoms with Gasteiger partial charge in [-0.2, -0.15) is 0 Å². The summed E-state index contributed by atoms with van der Waals surface area (Å²) in [6, 6.07) is 0. The van der Waals surface area contributed by atoms with Gasteiger partial charge in [-0.3, -0.25) is 0 Å². The minimum atomic E-state index is 0.667. The van der Waals surface area contributed by atoms with Crippen molar-refractivity contribution in [1.82, 2.24) is 15.5 Å². The Hall–Kier alpha value is -0.160. The van der Waals surface area contributed by atoms with Gasteiger partial charge in [0.2, 0.25) is 0 Å². The van der Waals surface area contributed by atoms with E-state index in [9.17, 15) is 5.21 Å². The molecule has 0 aromatic carbocycles. The molecule has 0 bridgehead atoms. The second-order valence-electron chi connectivity index (χ2n) is 2.39. The zero-order valence-corrected chi connectivity index (χ0v) is 6.38. The Kier molecular flexibility index (Phi) is 3.08. The Morgan fingerprint density at radius 1 is 1.50 bits per heavy atom. The largest absolute Gasteiger partial charge is 0.314 e. The van der Waals surface area contributed by atoms with Crippen LogP contribution in [-0.4, -0.2) is 42.9 Å². The van der Waals surface area contributed by atoms with Gasteiger partial charge in [0, 0.05) is 13.1 Å². The SMILES string of the molecule is CC[N+](O)N1CCNCC1. The molecule has 1 radical (unpaired) electrons. The normalized spacial score (nSPS) is 21.9. The molecule has 10 heavy (non-hydrogen) atoms. The number of hydrogen-bond acceptors (Lipinski definition) is 4. The van der Waals surface area contributed by atoms with Crippen LogP contribution in [0.4, 0.5) is 0 Å². The third-order valence-corrected chi connectivity index (χ3v) is 1.70. The van der Waals surface area contributed by atoms with E-state index >= 15 is 0 Å². The van der Waals surface area contributed by atoms with Gasteiger partial charge in [-0.25, -0.2) is 0 Å². The lowest BCUT2D eigenvalue weighted by Crippen LogP contribution is -2.54. The molecule has 0 atom stereocenters. The van der Waals surface area contributed by atoms with Crippen molar-refractivity contribution in [2.24, 2.45) is 0 Å².